The molecule has 3 N–H and O–H groups in total. The fourth-order valence-corrected chi connectivity index (χ4v) is 1.99. The van der Waals surface area contributed by atoms with Crippen molar-refractivity contribution in [2.24, 2.45) is 5.92 Å². The van der Waals surface area contributed by atoms with Crippen LogP contribution in [0.1, 0.15) is 25.8 Å². The number of aliphatic carboxylic acids is 2. The van der Waals surface area contributed by atoms with Gasteiger partial charge < -0.3 is 10.2 Å². The van der Waals surface area contributed by atoms with Crippen molar-refractivity contribution in [1.29, 1.82) is 0 Å². The van der Waals surface area contributed by atoms with Crippen molar-refractivity contribution < 1.29 is 19.8 Å². The number of hydrogen-bond acceptors (Lipinski definition) is 3. The van der Waals surface area contributed by atoms with Gasteiger partial charge >= 0.3 is 11.9 Å². The zero-order valence-electron chi connectivity index (χ0n) is 12.9. The number of carboxylic acid groups (broad SMARTS) is 2. The van der Waals surface area contributed by atoms with E-state index in [1.165, 1.54) is 6.08 Å². The van der Waals surface area contributed by atoms with Crippen molar-refractivity contribution in [3.63, 3.8) is 0 Å². The second kappa shape index (κ2) is 9.00. The van der Waals surface area contributed by atoms with Gasteiger partial charge in [-0.15, -0.1) is 0 Å². The molecule has 0 radical (unpaired) electrons. The molecular formula is C17H23NO4. The summed E-state index contributed by atoms with van der Waals surface area (Å²) >= 11 is 0. The van der Waals surface area contributed by atoms with Crippen molar-refractivity contribution in [2.75, 3.05) is 0 Å². The standard InChI is InChI=1S/C17H23NO4/c1-12(2)8-10-14(16(19)20)18-15(17(21)22)11-9-13-6-4-3-5-7-13/h3-8,10,12,14-15,18H,9,11H2,1-2H3,(H,19,20)(H,21,22)/b10-8+/t14-,15?/m1/s1. The van der Waals surface area contributed by atoms with Crippen molar-refractivity contribution in [1.82, 2.24) is 5.32 Å². The molecule has 5 heteroatoms. The highest BCUT2D eigenvalue weighted by atomic mass is 16.4. The summed E-state index contributed by atoms with van der Waals surface area (Å²) in [4.78, 5) is 22.6. The highest BCUT2D eigenvalue weighted by Gasteiger charge is 2.24. The number of rotatable bonds is 9. The molecule has 0 amide bonds. The Bertz CT molecular complexity index is 511. The number of carboxylic acids is 2. The Labute approximate surface area is 130 Å². The van der Waals surface area contributed by atoms with E-state index in [-0.39, 0.29) is 5.92 Å². The first kappa shape index (κ1) is 17.9. The normalized spacial score (nSPS) is 14.1. The molecule has 120 valence electrons. The summed E-state index contributed by atoms with van der Waals surface area (Å²) in [5.74, 6) is -1.92. The van der Waals surface area contributed by atoms with Crippen molar-refractivity contribution in [3.05, 3.63) is 48.0 Å². The Morgan fingerprint density at radius 3 is 2.23 bits per heavy atom. The van der Waals surface area contributed by atoms with Crippen LogP contribution >= 0.6 is 0 Å². The summed E-state index contributed by atoms with van der Waals surface area (Å²) < 4.78 is 0. The Kier molecular flexibility index (Phi) is 7.32. The summed E-state index contributed by atoms with van der Waals surface area (Å²) in [5.41, 5.74) is 1.03. The van der Waals surface area contributed by atoms with Gasteiger partial charge in [-0.25, -0.2) is 0 Å². The summed E-state index contributed by atoms with van der Waals surface area (Å²) in [6, 6.07) is 7.62. The summed E-state index contributed by atoms with van der Waals surface area (Å²) in [6.07, 6.45) is 4.16. The molecule has 0 aliphatic carbocycles. The molecule has 22 heavy (non-hydrogen) atoms. The van der Waals surface area contributed by atoms with E-state index >= 15 is 0 Å². The zero-order chi connectivity index (χ0) is 16.5. The van der Waals surface area contributed by atoms with E-state index in [1.54, 1.807) is 6.08 Å². The smallest absolute Gasteiger partial charge is 0.324 e. The summed E-state index contributed by atoms with van der Waals surface area (Å²) in [7, 11) is 0. The summed E-state index contributed by atoms with van der Waals surface area (Å²) in [5, 5.41) is 21.2. The molecule has 0 bridgehead atoms. The molecule has 1 rings (SSSR count). The van der Waals surface area contributed by atoms with Crippen LogP contribution in [0.2, 0.25) is 0 Å². The van der Waals surface area contributed by atoms with Gasteiger partial charge in [0.15, 0.2) is 0 Å². The molecule has 0 aliphatic heterocycles. The van der Waals surface area contributed by atoms with Gasteiger partial charge in [-0.1, -0.05) is 56.3 Å². The lowest BCUT2D eigenvalue weighted by Crippen LogP contribution is -2.46. The molecule has 0 saturated heterocycles. The second-order valence-electron chi connectivity index (χ2n) is 5.53. The van der Waals surface area contributed by atoms with Crippen LogP contribution < -0.4 is 5.32 Å². The lowest BCUT2D eigenvalue weighted by molar-refractivity contribution is -0.141. The number of hydrogen-bond donors (Lipinski definition) is 3. The molecule has 0 aliphatic rings. The van der Waals surface area contributed by atoms with Crippen LogP contribution in [0.25, 0.3) is 0 Å². The van der Waals surface area contributed by atoms with Crippen molar-refractivity contribution in [3.8, 4) is 0 Å². The lowest BCUT2D eigenvalue weighted by Gasteiger charge is -2.18. The van der Waals surface area contributed by atoms with Crippen LogP contribution in [0, 0.1) is 5.92 Å². The quantitative estimate of drug-likeness (QED) is 0.610. The average molecular weight is 305 g/mol. The van der Waals surface area contributed by atoms with Gasteiger partial charge in [0.2, 0.25) is 0 Å². The maximum absolute atomic E-state index is 11.3. The molecule has 0 fully saturated rings. The monoisotopic (exact) mass is 305 g/mol. The van der Waals surface area contributed by atoms with E-state index in [4.69, 9.17) is 0 Å². The third-order valence-electron chi connectivity index (χ3n) is 3.20. The van der Waals surface area contributed by atoms with Gasteiger partial charge in [0.1, 0.15) is 12.1 Å². The number of allylic oxidation sites excluding steroid dienone is 1. The maximum Gasteiger partial charge on any atom is 0.324 e. The van der Waals surface area contributed by atoms with Crippen LogP contribution in [-0.2, 0) is 16.0 Å². The highest BCUT2D eigenvalue weighted by molar-refractivity contribution is 5.79. The van der Waals surface area contributed by atoms with E-state index in [1.807, 2.05) is 44.2 Å². The van der Waals surface area contributed by atoms with Crippen LogP contribution in [-0.4, -0.2) is 34.2 Å². The maximum atomic E-state index is 11.3. The van der Waals surface area contributed by atoms with Crippen molar-refractivity contribution in [2.45, 2.75) is 38.8 Å². The van der Waals surface area contributed by atoms with Gasteiger partial charge in [0.25, 0.3) is 0 Å². The van der Waals surface area contributed by atoms with Crippen LogP contribution in [0.4, 0.5) is 0 Å². The molecule has 0 aromatic heterocycles. The number of benzene rings is 1. The highest BCUT2D eigenvalue weighted by Crippen LogP contribution is 2.07. The van der Waals surface area contributed by atoms with Gasteiger partial charge in [0.05, 0.1) is 0 Å². The fourth-order valence-electron chi connectivity index (χ4n) is 1.99. The molecule has 0 heterocycles. The average Bonchev–Trinajstić information content (AvgIpc) is 2.46. The SMILES string of the molecule is CC(C)/C=C/[C@@H](NC(CCc1ccccc1)C(=O)O)C(=O)O. The third kappa shape index (κ3) is 6.54. The molecule has 1 aromatic carbocycles. The Balaban J connectivity index is 2.69. The molecule has 0 spiro atoms. The predicted octanol–water partition coefficient (Wildman–Crippen LogP) is 2.33. The molecule has 1 aromatic rings. The summed E-state index contributed by atoms with van der Waals surface area (Å²) in [6.45, 7) is 3.86. The van der Waals surface area contributed by atoms with Gasteiger partial charge in [-0.05, 0) is 24.3 Å². The lowest BCUT2D eigenvalue weighted by atomic mass is 10.0. The Morgan fingerprint density at radius 2 is 1.73 bits per heavy atom. The molecular weight excluding hydrogens is 282 g/mol. The fraction of sp³-hybridized carbons (Fsp3) is 0.412. The zero-order valence-corrected chi connectivity index (χ0v) is 12.9. The Hall–Kier alpha value is -2.14. The minimum Gasteiger partial charge on any atom is -0.480 e. The first-order chi connectivity index (χ1) is 10.4. The Morgan fingerprint density at radius 1 is 1.09 bits per heavy atom. The third-order valence-corrected chi connectivity index (χ3v) is 3.20. The molecule has 0 saturated carbocycles. The number of carbonyl (C=O) groups is 2. The molecule has 1 unspecified atom stereocenters. The van der Waals surface area contributed by atoms with Gasteiger partial charge in [-0.2, -0.15) is 0 Å². The van der Waals surface area contributed by atoms with Gasteiger partial charge in [-0.3, -0.25) is 14.9 Å². The van der Waals surface area contributed by atoms with E-state index < -0.39 is 24.0 Å². The first-order valence-electron chi connectivity index (χ1n) is 7.34. The van der Waals surface area contributed by atoms with Crippen molar-refractivity contribution >= 4 is 11.9 Å². The van der Waals surface area contributed by atoms with E-state index in [2.05, 4.69) is 5.32 Å². The minimum atomic E-state index is -1.08. The van der Waals surface area contributed by atoms with Gasteiger partial charge in [0, 0.05) is 0 Å². The van der Waals surface area contributed by atoms with E-state index in [0.717, 1.165) is 5.56 Å². The van der Waals surface area contributed by atoms with E-state index in [0.29, 0.717) is 12.8 Å². The van der Waals surface area contributed by atoms with E-state index in [9.17, 15) is 19.8 Å². The molecule has 2 atom stereocenters. The van der Waals surface area contributed by atoms with Crippen LogP contribution in [0.5, 0.6) is 0 Å². The second-order valence-corrected chi connectivity index (χ2v) is 5.53. The first-order valence-corrected chi connectivity index (χ1v) is 7.34. The number of nitrogens with one attached hydrogen (secondary N) is 1. The van der Waals surface area contributed by atoms with Crippen LogP contribution in [0.15, 0.2) is 42.5 Å². The largest absolute Gasteiger partial charge is 0.480 e. The minimum absolute atomic E-state index is 0.205. The topological polar surface area (TPSA) is 86.6 Å². The predicted molar refractivity (Wildman–Crippen MR) is 84.7 cm³/mol. The number of aryl methyl sites for hydroxylation is 1. The molecule has 5 nitrogen and oxygen atoms in total. The van der Waals surface area contributed by atoms with Crippen LogP contribution in [0.3, 0.4) is 0 Å².